The highest BCUT2D eigenvalue weighted by molar-refractivity contribution is 9.10. The minimum Gasteiger partial charge on any atom is -0.330 e. The Bertz CT molecular complexity index is 286. The summed E-state index contributed by atoms with van der Waals surface area (Å²) in [5.41, 5.74) is 6.40. The van der Waals surface area contributed by atoms with Crippen molar-refractivity contribution in [1.29, 1.82) is 0 Å². The van der Waals surface area contributed by atoms with Gasteiger partial charge in [0.25, 0.3) is 0 Å². The van der Waals surface area contributed by atoms with E-state index in [1.165, 1.54) is 0 Å². The molecule has 13 heavy (non-hydrogen) atoms. The molecular formula is C9H12BrNOS. The van der Waals surface area contributed by atoms with E-state index in [2.05, 4.69) is 15.9 Å². The molecule has 0 bridgehead atoms. The smallest absolute Gasteiger partial charge is 0.0486 e. The average Bonchev–Trinajstić information content (AvgIpc) is 2.09. The second kappa shape index (κ2) is 5.52. The summed E-state index contributed by atoms with van der Waals surface area (Å²) in [6, 6.07) is 7.85. The minimum atomic E-state index is -0.818. The molecular weight excluding hydrogens is 250 g/mol. The fraction of sp³-hybridized carbons (Fsp3) is 0.333. The molecule has 1 aromatic rings. The highest BCUT2D eigenvalue weighted by Crippen LogP contribution is 2.11. The van der Waals surface area contributed by atoms with Crippen LogP contribution in [0.2, 0.25) is 0 Å². The van der Waals surface area contributed by atoms with Crippen molar-refractivity contribution in [3.8, 4) is 0 Å². The van der Waals surface area contributed by atoms with Crippen LogP contribution in [-0.4, -0.2) is 16.5 Å². The predicted molar refractivity (Wildman–Crippen MR) is 59.9 cm³/mol. The Kier molecular flexibility index (Phi) is 4.62. The van der Waals surface area contributed by atoms with Gasteiger partial charge in [-0.15, -0.1) is 0 Å². The van der Waals surface area contributed by atoms with Crippen molar-refractivity contribution in [1.82, 2.24) is 0 Å². The average molecular weight is 262 g/mol. The largest absolute Gasteiger partial charge is 0.330 e. The van der Waals surface area contributed by atoms with E-state index in [1.807, 2.05) is 24.3 Å². The van der Waals surface area contributed by atoms with Gasteiger partial charge in [0.1, 0.15) is 0 Å². The van der Waals surface area contributed by atoms with Crippen LogP contribution in [-0.2, 0) is 16.6 Å². The van der Waals surface area contributed by atoms with Gasteiger partial charge >= 0.3 is 0 Å². The molecule has 1 aromatic carbocycles. The number of nitrogens with two attached hydrogens (primary N) is 1. The van der Waals surface area contributed by atoms with Gasteiger partial charge in [0, 0.05) is 33.3 Å². The topological polar surface area (TPSA) is 43.1 Å². The van der Waals surface area contributed by atoms with Gasteiger partial charge in [0.05, 0.1) is 0 Å². The van der Waals surface area contributed by atoms with Gasteiger partial charge in [0.2, 0.25) is 0 Å². The molecule has 0 aliphatic carbocycles. The Morgan fingerprint density at radius 2 is 1.92 bits per heavy atom. The van der Waals surface area contributed by atoms with Crippen molar-refractivity contribution in [3.63, 3.8) is 0 Å². The fourth-order valence-electron chi connectivity index (χ4n) is 0.970. The van der Waals surface area contributed by atoms with E-state index in [0.29, 0.717) is 18.1 Å². The molecule has 0 aliphatic heterocycles. The first-order valence-corrected chi connectivity index (χ1v) is 6.30. The van der Waals surface area contributed by atoms with Gasteiger partial charge in [-0.25, -0.2) is 0 Å². The Balaban J connectivity index is 2.54. The molecule has 0 aromatic heterocycles. The Morgan fingerprint density at radius 1 is 1.31 bits per heavy atom. The lowest BCUT2D eigenvalue weighted by molar-refractivity contribution is 0.682. The zero-order chi connectivity index (χ0) is 9.68. The fourth-order valence-corrected chi connectivity index (χ4v) is 2.21. The number of rotatable bonds is 4. The van der Waals surface area contributed by atoms with E-state index < -0.39 is 10.8 Å². The molecule has 0 aliphatic rings. The standard InChI is InChI=1S/C9H12BrNOS/c10-9-3-1-8(2-4-9)7-13(12)6-5-11/h1-4H,5-7,11H2. The Hall–Kier alpha value is -0.190. The maximum Gasteiger partial charge on any atom is 0.0486 e. The van der Waals surface area contributed by atoms with E-state index >= 15 is 0 Å². The molecule has 1 rings (SSSR count). The SMILES string of the molecule is NCCS(=O)Cc1ccc(Br)cc1. The molecule has 0 saturated heterocycles. The van der Waals surface area contributed by atoms with Crippen LogP contribution in [0.15, 0.2) is 28.7 Å². The third-order valence-electron chi connectivity index (χ3n) is 1.59. The zero-order valence-electron chi connectivity index (χ0n) is 7.20. The lowest BCUT2D eigenvalue weighted by Crippen LogP contribution is -2.11. The first kappa shape index (κ1) is 10.9. The highest BCUT2D eigenvalue weighted by Gasteiger charge is 1.99. The van der Waals surface area contributed by atoms with E-state index in [9.17, 15) is 4.21 Å². The summed E-state index contributed by atoms with van der Waals surface area (Å²) in [6.07, 6.45) is 0. The summed E-state index contributed by atoms with van der Waals surface area (Å²) < 4.78 is 12.4. The van der Waals surface area contributed by atoms with Crippen molar-refractivity contribution in [3.05, 3.63) is 34.3 Å². The number of halogens is 1. The Morgan fingerprint density at radius 3 is 2.46 bits per heavy atom. The third kappa shape index (κ3) is 4.02. The van der Waals surface area contributed by atoms with E-state index in [4.69, 9.17) is 5.73 Å². The molecule has 0 amide bonds. The van der Waals surface area contributed by atoms with Crippen LogP contribution in [0, 0.1) is 0 Å². The third-order valence-corrected chi connectivity index (χ3v) is 3.46. The van der Waals surface area contributed by atoms with Crippen LogP contribution < -0.4 is 5.73 Å². The number of benzene rings is 1. The quantitative estimate of drug-likeness (QED) is 0.896. The van der Waals surface area contributed by atoms with Crippen molar-refractivity contribution < 1.29 is 4.21 Å². The molecule has 2 nitrogen and oxygen atoms in total. The van der Waals surface area contributed by atoms with Crippen LogP contribution >= 0.6 is 15.9 Å². The van der Waals surface area contributed by atoms with E-state index in [-0.39, 0.29) is 0 Å². The maximum atomic E-state index is 11.3. The van der Waals surface area contributed by atoms with Crippen LogP contribution in [0.4, 0.5) is 0 Å². The van der Waals surface area contributed by atoms with E-state index in [1.54, 1.807) is 0 Å². The van der Waals surface area contributed by atoms with Crippen molar-refractivity contribution in [2.45, 2.75) is 5.75 Å². The van der Waals surface area contributed by atoms with Gasteiger partial charge in [0.15, 0.2) is 0 Å². The van der Waals surface area contributed by atoms with Gasteiger partial charge in [-0.05, 0) is 17.7 Å². The first-order chi connectivity index (χ1) is 6.22. The zero-order valence-corrected chi connectivity index (χ0v) is 9.61. The second-order valence-electron chi connectivity index (χ2n) is 2.70. The van der Waals surface area contributed by atoms with Crippen molar-refractivity contribution >= 4 is 26.7 Å². The lowest BCUT2D eigenvalue weighted by atomic mass is 10.2. The monoisotopic (exact) mass is 261 g/mol. The minimum absolute atomic E-state index is 0.489. The molecule has 0 saturated carbocycles. The molecule has 0 radical (unpaired) electrons. The lowest BCUT2D eigenvalue weighted by Gasteiger charge is -2.00. The summed E-state index contributed by atoms with van der Waals surface area (Å²) in [6.45, 7) is 0.489. The molecule has 4 heteroatoms. The van der Waals surface area contributed by atoms with Gasteiger partial charge in [-0.3, -0.25) is 4.21 Å². The molecule has 0 fully saturated rings. The van der Waals surface area contributed by atoms with Crippen molar-refractivity contribution in [2.24, 2.45) is 5.73 Å². The van der Waals surface area contributed by atoms with Crippen molar-refractivity contribution in [2.75, 3.05) is 12.3 Å². The van der Waals surface area contributed by atoms with Gasteiger partial charge in [-0.2, -0.15) is 0 Å². The first-order valence-electron chi connectivity index (χ1n) is 4.02. The summed E-state index contributed by atoms with van der Waals surface area (Å²) in [7, 11) is -0.818. The number of hydrogen-bond acceptors (Lipinski definition) is 2. The second-order valence-corrected chi connectivity index (χ2v) is 5.20. The van der Waals surface area contributed by atoms with Gasteiger partial charge in [-0.1, -0.05) is 28.1 Å². The molecule has 1 atom stereocenters. The normalized spacial score (nSPS) is 12.8. The van der Waals surface area contributed by atoms with E-state index in [0.717, 1.165) is 10.0 Å². The molecule has 0 heterocycles. The molecule has 0 spiro atoms. The molecule has 2 N–H and O–H groups in total. The maximum absolute atomic E-state index is 11.3. The summed E-state index contributed by atoms with van der Waals surface area (Å²) >= 11 is 3.35. The summed E-state index contributed by atoms with van der Waals surface area (Å²) in [5.74, 6) is 1.18. The van der Waals surface area contributed by atoms with Crippen LogP contribution in [0.1, 0.15) is 5.56 Å². The van der Waals surface area contributed by atoms with Crippen LogP contribution in [0.25, 0.3) is 0 Å². The summed E-state index contributed by atoms with van der Waals surface area (Å²) in [4.78, 5) is 0. The Labute approximate surface area is 89.1 Å². The molecule has 1 unspecified atom stereocenters. The number of hydrogen-bond donors (Lipinski definition) is 1. The van der Waals surface area contributed by atoms with Crippen LogP contribution in [0.5, 0.6) is 0 Å². The molecule has 72 valence electrons. The van der Waals surface area contributed by atoms with Crippen LogP contribution in [0.3, 0.4) is 0 Å². The predicted octanol–water partition coefficient (Wildman–Crippen LogP) is 1.66. The highest BCUT2D eigenvalue weighted by atomic mass is 79.9. The summed E-state index contributed by atoms with van der Waals surface area (Å²) in [5, 5.41) is 0. The van der Waals surface area contributed by atoms with Gasteiger partial charge < -0.3 is 5.73 Å².